The molecule has 1 aromatic carbocycles. The first-order chi connectivity index (χ1) is 9.77. The number of carbonyl (C=O) groups excluding carboxylic acids is 1. The first-order valence-corrected chi connectivity index (χ1v) is 5.51. The van der Waals surface area contributed by atoms with E-state index in [0.29, 0.717) is 12.1 Å². The second kappa shape index (κ2) is 5.35. The van der Waals surface area contributed by atoms with Gasteiger partial charge in [0.1, 0.15) is 5.82 Å². The molecule has 0 spiro atoms. The molecular formula is C12H7F4N3O2. The number of nitrogens with zero attached hydrogens (tertiary/aromatic N) is 1. The summed E-state index contributed by atoms with van der Waals surface area (Å²) in [5.74, 6) is -2.45. The van der Waals surface area contributed by atoms with E-state index < -0.39 is 34.6 Å². The van der Waals surface area contributed by atoms with Crippen molar-refractivity contribution in [2.45, 2.75) is 6.18 Å². The Hall–Kier alpha value is -2.71. The van der Waals surface area contributed by atoms with E-state index in [1.807, 2.05) is 5.10 Å². The second-order valence-electron chi connectivity index (χ2n) is 3.95. The van der Waals surface area contributed by atoms with Crippen LogP contribution in [0.3, 0.4) is 0 Å². The van der Waals surface area contributed by atoms with Crippen LogP contribution in [0, 0.1) is 5.82 Å². The maximum Gasteiger partial charge on any atom is 0.419 e. The van der Waals surface area contributed by atoms with Gasteiger partial charge in [-0.1, -0.05) is 0 Å². The normalized spacial score (nSPS) is 11.2. The highest BCUT2D eigenvalue weighted by Gasteiger charge is 2.34. The number of anilines is 1. The van der Waals surface area contributed by atoms with Crippen LogP contribution in [-0.2, 0) is 6.18 Å². The van der Waals surface area contributed by atoms with Gasteiger partial charge < -0.3 is 5.32 Å². The molecular weight excluding hydrogens is 294 g/mol. The second-order valence-corrected chi connectivity index (χ2v) is 3.95. The lowest BCUT2D eigenvalue weighted by Gasteiger charge is -2.10. The third-order valence-corrected chi connectivity index (χ3v) is 2.45. The minimum atomic E-state index is -4.91. The highest BCUT2D eigenvalue weighted by molar-refractivity contribution is 6.03. The van der Waals surface area contributed by atoms with Crippen molar-refractivity contribution in [1.29, 1.82) is 0 Å². The summed E-state index contributed by atoms with van der Waals surface area (Å²) < 4.78 is 50.7. The molecule has 1 aromatic heterocycles. The van der Waals surface area contributed by atoms with Crippen molar-refractivity contribution in [3.8, 4) is 0 Å². The van der Waals surface area contributed by atoms with Gasteiger partial charge in [0.15, 0.2) is 5.82 Å². The highest BCUT2D eigenvalue weighted by Crippen LogP contribution is 2.31. The topological polar surface area (TPSA) is 74.8 Å². The number of hydrogen-bond acceptors (Lipinski definition) is 3. The van der Waals surface area contributed by atoms with Crippen molar-refractivity contribution in [1.82, 2.24) is 10.2 Å². The molecule has 0 aliphatic heterocycles. The third kappa shape index (κ3) is 3.44. The molecule has 2 rings (SSSR count). The first-order valence-electron chi connectivity index (χ1n) is 5.51. The zero-order chi connectivity index (χ0) is 15.6. The Bertz CT molecular complexity index is 720. The van der Waals surface area contributed by atoms with Crippen molar-refractivity contribution in [2.75, 3.05) is 5.32 Å². The molecule has 2 aromatic rings. The molecule has 0 radical (unpaired) electrons. The van der Waals surface area contributed by atoms with Crippen LogP contribution < -0.4 is 10.9 Å². The van der Waals surface area contributed by atoms with Gasteiger partial charge in [-0.15, -0.1) is 0 Å². The fourth-order valence-corrected chi connectivity index (χ4v) is 1.49. The summed E-state index contributed by atoms with van der Waals surface area (Å²) in [6.07, 6.45) is -4.91. The van der Waals surface area contributed by atoms with Gasteiger partial charge in [0.05, 0.1) is 5.56 Å². The fourth-order valence-electron chi connectivity index (χ4n) is 1.49. The molecule has 21 heavy (non-hydrogen) atoms. The summed E-state index contributed by atoms with van der Waals surface area (Å²) >= 11 is 0. The molecule has 0 aliphatic rings. The predicted octanol–water partition coefficient (Wildman–Crippen LogP) is 2.18. The molecule has 2 N–H and O–H groups in total. The Labute approximate surface area is 114 Å². The lowest BCUT2D eigenvalue weighted by molar-refractivity contribution is -0.140. The molecule has 110 valence electrons. The summed E-state index contributed by atoms with van der Waals surface area (Å²) in [5.41, 5.74) is -2.43. The Kier molecular flexibility index (Phi) is 3.74. The van der Waals surface area contributed by atoms with Gasteiger partial charge >= 0.3 is 6.18 Å². The SMILES string of the molecule is O=C(Nc1ccc(=O)[nH]n1)c1ccc(F)c(C(F)(F)F)c1. The van der Waals surface area contributed by atoms with Crippen molar-refractivity contribution in [3.63, 3.8) is 0 Å². The first kappa shape index (κ1) is 14.7. The number of amides is 1. The van der Waals surface area contributed by atoms with Gasteiger partial charge in [-0.3, -0.25) is 9.59 Å². The summed E-state index contributed by atoms with van der Waals surface area (Å²) in [6.45, 7) is 0. The van der Waals surface area contributed by atoms with Crippen LogP contribution in [0.25, 0.3) is 0 Å². The Morgan fingerprint density at radius 1 is 1.19 bits per heavy atom. The maximum absolute atomic E-state index is 13.1. The van der Waals surface area contributed by atoms with Crippen molar-refractivity contribution >= 4 is 11.7 Å². The number of rotatable bonds is 2. The molecule has 0 saturated carbocycles. The monoisotopic (exact) mass is 301 g/mol. The average Bonchev–Trinajstić information content (AvgIpc) is 2.40. The maximum atomic E-state index is 13.1. The van der Waals surface area contributed by atoms with E-state index in [1.165, 1.54) is 6.07 Å². The summed E-state index contributed by atoms with van der Waals surface area (Å²) in [5, 5.41) is 7.68. The smallest absolute Gasteiger partial charge is 0.305 e. The van der Waals surface area contributed by atoms with Gasteiger partial charge in [-0.2, -0.15) is 18.3 Å². The number of H-pyrrole nitrogens is 1. The van der Waals surface area contributed by atoms with E-state index in [4.69, 9.17) is 0 Å². The Morgan fingerprint density at radius 2 is 1.90 bits per heavy atom. The van der Waals surface area contributed by atoms with E-state index in [9.17, 15) is 27.2 Å². The molecule has 1 heterocycles. The Morgan fingerprint density at radius 3 is 2.48 bits per heavy atom. The van der Waals surface area contributed by atoms with Gasteiger partial charge in [0.25, 0.3) is 11.5 Å². The van der Waals surface area contributed by atoms with Crippen LogP contribution in [0.1, 0.15) is 15.9 Å². The molecule has 0 fully saturated rings. The quantitative estimate of drug-likeness (QED) is 0.835. The largest absolute Gasteiger partial charge is 0.419 e. The number of benzene rings is 1. The average molecular weight is 301 g/mol. The minimum absolute atomic E-state index is 0.0579. The Balaban J connectivity index is 2.27. The van der Waals surface area contributed by atoms with Crippen LogP contribution in [-0.4, -0.2) is 16.1 Å². The van der Waals surface area contributed by atoms with E-state index in [2.05, 4.69) is 10.4 Å². The number of hydrogen-bond donors (Lipinski definition) is 2. The van der Waals surface area contributed by atoms with E-state index in [-0.39, 0.29) is 5.82 Å². The van der Waals surface area contributed by atoms with Gasteiger partial charge in [-0.05, 0) is 24.3 Å². The summed E-state index contributed by atoms with van der Waals surface area (Å²) in [4.78, 5) is 22.5. The van der Waals surface area contributed by atoms with Gasteiger partial charge in [-0.25, -0.2) is 9.49 Å². The molecule has 0 saturated heterocycles. The number of carbonyl (C=O) groups is 1. The number of aromatic nitrogens is 2. The molecule has 9 heteroatoms. The molecule has 0 atom stereocenters. The summed E-state index contributed by atoms with van der Waals surface area (Å²) in [7, 11) is 0. The van der Waals surface area contributed by atoms with Crippen molar-refractivity contribution in [2.24, 2.45) is 0 Å². The zero-order valence-electron chi connectivity index (χ0n) is 10.2. The molecule has 5 nitrogen and oxygen atoms in total. The van der Waals surface area contributed by atoms with E-state index >= 15 is 0 Å². The van der Waals surface area contributed by atoms with Crippen LogP contribution in [0.15, 0.2) is 35.1 Å². The fraction of sp³-hybridized carbons (Fsp3) is 0.0833. The number of aromatic amines is 1. The lowest BCUT2D eigenvalue weighted by atomic mass is 10.1. The molecule has 1 amide bonds. The van der Waals surface area contributed by atoms with Crippen LogP contribution >= 0.6 is 0 Å². The predicted molar refractivity (Wildman–Crippen MR) is 64.2 cm³/mol. The number of nitrogens with one attached hydrogen (secondary N) is 2. The van der Waals surface area contributed by atoms with E-state index in [1.54, 1.807) is 0 Å². The molecule has 0 bridgehead atoms. The lowest BCUT2D eigenvalue weighted by Crippen LogP contribution is -2.17. The molecule has 0 aliphatic carbocycles. The van der Waals surface area contributed by atoms with Crippen LogP contribution in [0.5, 0.6) is 0 Å². The highest BCUT2D eigenvalue weighted by atomic mass is 19.4. The standard InChI is InChI=1S/C12H7F4N3O2/c13-8-2-1-6(5-7(8)12(14,15)16)11(21)17-9-3-4-10(20)19-18-9/h1-5H,(H,19,20)(H,17,18,21). The van der Waals surface area contributed by atoms with Gasteiger partial charge in [0.2, 0.25) is 0 Å². The van der Waals surface area contributed by atoms with Crippen molar-refractivity contribution in [3.05, 3.63) is 57.6 Å². The van der Waals surface area contributed by atoms with Crippen LogP contribution in [0.2, 0.25) is 0 Å². The number of halogens is 4. The minimum Gasteiger partial charge on any atom is -0.305 e. The number of alkyl halides is 3. The zero-order valence-corrected chi connectivity index (χ0v) is 10.2. The third-order valence-electron chi connectivity index (χ3n) is 2.45. The molecule has 0 unspecified atom stereocenters. The summed E-state index contributed by atoms with van der Waals surface area (Å²) in [6, 6.07) is 4.11. The van der Waals surface area contributed by atoms with Crippen molar-refractivity contribution < 1.29 is 22.4 Å². The van der Waals surface area contributed by atoms with E-state index in [0.717, 1.165) is 12.1 Å². The van der Waals surface area contributed by atoms with Crippen LogP contribution in [0.4, 0.5) is 23.4 Å². The van der Waals surface area contributed by atoms with Gasteiger partial charge in [0, 0.05) is 11.6 Å².